The fourth-order valence-corrected chi connectivity index (χ4v) is 4.40. The molecule has 1 amide bonds. The number of aliphatic hydroxyl groups excluding tert-OH is 1. The molecule has 2 heterocycles. The molecule has 1 unspecified atom stereocenters. The molecule has 0 aliphatic carbocycles. The Hall–Kier alpha value is -3.98. The van der Waals surface area contributed by atoms with E-state index in [0.717, 1.165) is 0 Å². The van der Waals surface area contributed by atoms with Crippen LogP contribution in [0, 0.1) is 6.92 Å². The van der Waals surface area contributed by atoms with E-state index in [-0.39, 0.29) is 16.5 Å². The largest absolute Gasteiger partial charge is 0.507 e. The summed E-state index contributed by atoms with van der Waals surface area (Å²) in [5, 5.41) is 20.2. The van der Waals surface area contributed by atoms with Crippen molar-refractivity contribution >= 4 is 33.9 Å². The summed E-state index contributed by atoms with van der Waals surface area (Å²) < 4.78 is 11.1. The lowest BCUT2D eigenvalue weighted by atomic mass is 9.95. The highest BCUT2D eigenvalue weighted by Crippen LogP contribution is 2.43. The summed E-state index contributed by atoms with van der Waals surface area (Å²) in [5.41, 5.74) is 0.933. The molecule has 1 N–H and O–H groups in total. The first kappa shape index (κ1) is 23.2. The quantitative estimate of drug-likeness (QED) is 0.222. The van der Waals surface area contributed by atoms with E-state index in [1.165, 1.54) is 16.2 Å². The number of ketones is 1. The molecule has 0 radical (unpaired) electrons. The van der Waals surface area contributed by atoms with Crippen LogP contribution in [-0.2, 0) is 9.59 Å². The Morgan fingerprint density at radius 3 is 2.56 bits per heavy atom. The molecule has 2 aromatic carbocycles. The molecule has 1 aliphatic heterocycles. The second-order valence-corrected chi connectivity index (χ2v) is 8.56. The maximum absolute atomic E-state index is 13.2. The van der Waals surface area contributed by atoms with Gasteiger partial charge in [-0.1, -0.05) is 36.1 Å². The van der Waals surface area contributed by atoms with E-state index in [1.54, 1.807) is 61.5 Å². The lowest BCUT2D eigenvalue weighted by molar-refractivity contribution is -0.132. The van der Waals surface area contributed by atoms with Crippen LogP contribution in [0.2, 0.25) is 0 Å². The Bertz CT molecular complexity index is 1270. The van der Waals surface area contributed by atoms with Crippen molar-refractivity contribution in [2.24, 2.45) is 0 Å². The van der Waals surface area contributed by atoms with Crippen molar-refractivity contribution in [3.05, 3.63) is 82.9 Å². The highest BCUT2D eigenvalue weighted by atomic mass is 32.1. The summed E-state index contributed by atoms with van der Waals surface area (Å²) in [7, 11) is 0. The van der Waals surface area contributed by atoms with Crippen LogP contribution in [-0.4, -0.2) is 40.2 Å². The Kier molecular flexibility index (Phi) is 6.74. The highest BCUT2D eigenvalue weighted by Gasteiger charge is 2.48. The van der Waals surface area contributed by atoms with Gasteiger partial charge in [0.2, 0.25) is 5.13 Å². The van der Waals surface area contributed by atoms with Crippen LogP contribution in [0.15, 0.2) is 66.8 Å². The van der Waals surface area contributed by atoms with Gasteiger partial charge in [-0.2, -0.15) is 0 Å². The number of benzene rings is 2. The molecule has 1 aromatic heterocycles. The molecule has 0 bridgehead atoms. The number of nitrogens with zero attached hydrogens (tertiary/aromatic N) is 3. The van der Waals surface area contributed by atoms with Gasteiger partial charge in [0, 0.05) is 5.56 Å². The van der Waals surface area contributed by atoms with Gasteiger partial charge in [-0.3, -0.25) is 14.5 Å². The zero-order chi connectivity index (χ0) is 24.2. The number of anilines is 1. The van der Waals surface area contributed by atoms with Crippen molar-refractivity contribution in [2.45, 2.75) is 19.9 Å². The molecular formula is C25H23N3O5S. The molecule has 8 nitrogen and oxygen atoms in total. The molecule has 0 saturated carbocycles. The van der Waals surface area contributed by atoms with Crippen LogP contribution in [0.25, 0.3) is 5.76 Å². The number of ether oxygens (including phenoxy) is 2. The molecular weight excluding hydrogens is 454 g/mol. The van der Waals surface area contributed by atoms with E-state index >= 15 is 0 Å². The lowest BCUT2D eigenvalue weighted by Gasteiger charge is -2.23. The number of amides is 1. The number of carbonyl (C=O) groups excluding carboxylic acids is 2. The van der Waals surface area contributed by atoms with E-state index in [9.17, 15) is 14.7 Å². The minimum Gasteiger partial charge on any atom is -0.507 e. The predicted molar refractivity (Wildman–Crippen MR) is 129 cm³/mol. The summed E-state index contributed by atoms with van der Waals surface area (Å²) >= 11 is 1.19. The van der Waals surface area contributed by atoms with Crippen LogP contribution in [0.3, 0.4) is 0 Å². The number of Topliss-reactive ketones (excluding diaryl/α,β-unsaturated/α-hetero) is 1. The van der Waals surface area contributed by atoms with E-state index in [2.05, 4.69) is 16.8 Å². The number of aliphatic hydroxyl groups is 1. The smallest absolute Gasteiger partial charge is 0.301 e. The van der Waals surface area contributed by atoms with Crippen LogP contribution in [0.4, 0.5) is 5.13 Å². The third kappa shape index (κ3) is 4.42. The zero-order valence-corrected chi connectivity index (χ0v) is 19.5. The van der Waals surface area contributed by atoms with Crippen molar-refractivity contribution in [3.63, 3.8) is 0 Å². The Labute approximate surface area is 200 Å². The Balaban J connectivity index is 1.86. The van der Waals surface area contributed by atoms with E-state index in [0.29, 0.717) is 40.8 Å². The summed E-state index contributed by atoms with van der Waals surface area (Å²) in [4.78, 5) is 27.6. The van der Waals surface area contributed by atoms with E-state index < -0.39 is 17.7 Å². The highest BCUT2D eigenvalue weighted by molar-refractivity contribution is 7.15. The van der Waals surface area contributed by atoms with Gasteiger partial charge >= 0.3 is 5.91 Å². The first-order chi connectivity index (χ1) is 16.4. The van der Waals surface area contributed by atoms with Crippen LogP contribution in [0.1, 0.15) is 29.1 Å². The lowest BCUT2D eigenvalue weighted by Crippen LogP contribution is -2.29. The normalized spacial score (nSPS) is 17.1. The van der Waals surface area contributed by atoms with Crippen molar-refractivity contribution in [3.8, 4) is 11.5 Å². The summed E-state index contributed by atoms with van der Waals surface area (Å²) in [6, 6.07) is 12.8. The molecule has 9 heteroatoms. The zero-order valence-electron chi connectivity index (χ0n) is 18.7. The molecule has 1 fully saturated rings. The fraction of sp³-hybridized carbons (Fsp3) is 0.200. The first-order valence-corrected chi connectivity index (χ1v) is 11.4. The second-order valence-electron chi connectivity index (χ2n) is 7.40. The second kappa shape index (κ2) is 9.88. The minimum absolute atomic E-state index is 0.0390. The Morgan fingerprint density at radius 2 is 1.91 bits per heavy atom. The van der Waals surface area contributed by atoms with Gasteiger partial charge in [0.1, 0.15) is 28.9 Å². The van der Waals surface area contributed by atoms with Gasteiger partial charge in [-0.25, -0.2) is 0 Å². The van der Waals surface area contributed by atoms with Crippen molar-refractivity contribution in [2.75, 3.05) is 18.1 Å². The molecule has 4 rings (SSSR count). The number of hydrogen-bond acceptors (Lipinski definition) is 8. The predicted octanol–water partition coefficient (Wildman–Crippen LogP) is 4.44. The van der Waals surface area contributed by atoms with Gasteiger partial charge in [-0.15, -0.1) is 10.2 Å². The number of aromatic nitrogens is 2. The minimum atomic E-state index is -0.911. The van der Waals surface area contributed by atoms with Gasteiger partial charge in [0.15, 0.2) is 0 Å². The van der Waals surface area contributed by atoms with Crippen molar-refractivity contribution in [1.29, 1.82) is 0 Å². The van der Waals surface area contributed by atoms with Crippen molar-refractivity contribution in [1.82, 2.24) is 10.2 Å². The number of aryl methyl sites for hydroxylation is 1. The van der Waals surface area contributed by atoms with Gasteiger partial charge in [-0.05, 0) is 55.8 Å². The SMILES string of the molecule is C=CCOc1cccc(C2/C(=C(\O)c3ccc(OCC)cc3)C(=O)C(=O)N2c2nnc(C)s2)c1. The maximum Gasteiger partial charge on any atom is 0.301 e. The molecule has 0 spiro atoms. The van der Waals surface area contributed by atoms with Gasteiger partial charge in [0.05, 0.1) is 18.2 Å². The molecule has 1 aliphatic rings. The van der Waals surface area contributed by atoms with E-state index in [1.807, 2.05) is 6.92 Å². The molecule has 3 aromatic rings. The van der Waals surface area contributed by atoms with Crippen LogP contribution < -0.4 is 14.4 Å². The summed E-state index contributed by atoms with van der Waals surface area (Å²) in [6.45, 7) is 8.08. The molecule has 1 saturated heterocycles. The monoisotopic (exact) mass is 477 g/mol. The average molecular weight is 478 g/mol. The van der Waals surface area contributed by atoms with Crippen LogP contribution >= 0.6 is 11.3 Å². The average Bonchev–Trinajstić information content (AvgIpc) is 3.38. The van der Waals surface area contributed by atoms with E-state index in [4.69, 9.17) is 9.47 Å². The summed E-state index contributed by atoms with van der Waals surface area (Å²) in [6.07, 6.45) is 1.62. The molecule has 34 heavy (non-hydrogen) atoms. The van der Waals surface area contributed by atoms with Gasteiger partial charge < -0.3 is 14.6 Å². The first-order valence-electron chi connectivity index (χ1n) is 10.6. The third-order valence-electron chi connectivity index (χ3n) is 5.15. The Morgan fingerprint density at radius 1 is 1.15 bits per heavy atom. The number of rotatable bonds is 8. The fourth-order valence-electron chi connectivity index (χ4n) is 3.69. The number of carbonyl (C=O) groups is 2. The number of hydrogen-bond donors (Lipinski definition) is 1. The maximum atomic E-state index is 13.2. The van der Waals surface area contributed by atoms with Crippen LogP contribution in [0.5, 0.6) is 11.5 Å². The summed E-state index contributed by atoms with van der Waals surface area (Å²) in [5.74, 6) is -0.704. The molecule has 174 valence electrons. The van der Waals surface area contributed by atoms with Gasteiger partial charge in [0.25, 0.3) is 5.78 Å². The standard InChI is InChI=1S/C25H23N3O5S/c1-4-13-33-19-8-6-7-17(14-19)21-20(22(29)16-9-11-18(12-10-16)32-5-2)23(30)24(31)28(21)25-27-26-15(3)34-25/h4,6-12,14,21,29H,1,5,13H2,2-3H3/b22-20+. The topological polar surface area (TPSA) is 102 Å². The molecule has 1 atom stereocenters. The third-order valence-corrected chi connectivity index (χ3v) is 5.98. The van der Waals surface area contributed by atoms with Crippen molar-refractivity contribution < 1.29 is 24.2 Å².